The number of rotatable bonds is 4. The Bertz CT molecular complexity index is 680. The smallest absolute Gasteiger partial charge is 0.251 e. The fourth-order valence-corrected chi connectivity index (χ4v) is 1.80. The van der Waals surface area contributed by atoms with Crippen LogP contribution in [0.15, 0.2) is 47.4 Å². The average molecular weight is 274 g/mol. The van der Waals surface area contributed by atoms with E-state index in [0.29, 0.717) is 24.1 Å². The van der Waals surface area contributed by atoms with Gasteiger partial charge in [0, 0.05) is 31.4 Å². The van der Waals surface area contributed by atoms with Gasteiger partial charge in [-0.2, -0.15) is 0 Å². The molecule has 0 radical (unpaired) electrons. The number of nitrogens with zero attached hydrogens (tertiary/aromatic N) is 1. The first-order valence-corrected chi connectivity index (χ1v) is 6.26. The van der Waals surface area contributed by atoms with Crippen LogP contribution < -0.4 is 10.9 Å². The Morgan fingerprint density at radius 2 is 2.05 bits per heavy atom. The molecule has 2 aromatic rings. The number of aryl methyl sites for hydroxylation is 1. The van der Waals surface area contributed by atoms with Crippen molar-refractivity contribution in [3.63, 3.8) is 0 Å². The van der Waals surface area contributed by atoms with Gasteiger partial charge in [0.05, 0.1) is 0 Å². The van der Waals surface area contributed by atoms with Crippen molar-refractivity contribution in [3.8, 4) is 0 Å². The largest absolute Gasteiger partial charge is 0.352 e. The van der Waals surface area contributed by atoms with Crippen molar-refractivity contribution in [2.75, 3.05) is 6.54 Å². The zero-order valence-electron chi connectivity index (χ0n) is 11.1. The highest BCUT2D eigenvalue weighted by Gasteiger charge is 2.07. The van der Waals surface area contributed by atoms with Crippen molar-refractivity contribution in [3.05, 3.63) is 69.9 Å². The van der Waals surface area contributed by atoms with Gasteiger partial charge in [0.2, 0.25) is 0 Å². The van der Waals surface area contributed by atoms with Crippen LogP contribution in [0.4, 0.5) is 4.39 Å². The predicted octanol–water partition coefficient (Wildman–Crippen LogP) is 1.50. The number of hydrogen-bond donors (Lipinski definition) is 1. The van der Waals surface area contributed by atoms with Crippen molar-refractivity contribution in [2.24, 2.45) is 7.05 Å². The minimum Gasteiger partial charge on any atom is -0.352 e. The molecule has 0 fully saturated rings. The molecule has 2 rings (SSSR count). The van der Waals surface area contributed by atoms with E-state index in [1.807, 2.05) is 0 Å². The average Bonchev–Trinajstić information content (AvgIpc) is 2.44. The third-order valence-corrected chi connectivity index (χ3v) is 3.00. The van der Waals surface area contributed by atoms with Gasteiger partial charge in [-0.1, -0.05) is 18.2 Å². The van der Waals surface area contributed by atoms with Gasteiger partial charge in [0.25, 0.3) is 11.5 Å². The van der Waals surface area contributed by atoms with E-state index >= 15 is 0 Å². The molecule has 0 aliphatic rings. The van der Waals surface area contributed by atoms with E-state index in [2.05, 4.69) is 5.32 Å². The molecular formula is C15H15FN2O2. The molecule has 20 heavy (non-hydrogen) atoms. The van der Waals surface area contributed by atoms with E-state index in [-0.39, 0.29) is 17.3 Å². The van der Waals surface area contributed by atoms with Crippen LogP contribution in [0.3, 0.4) is 0 Å². The van der Waals surface area contributed by atoms with Gasteiger partial charge in [0.15, 0.2) is 0 Å². The fourth-order valence-electron chi connectivity index (χ4n) is 1.80. The molecule has 4 nitrogen and oxygen atoms in total. The molecule has 0 aliphatic carbocycles. The zero-order valence-corrected chi connectivity index (χ0v) is 11.1. The highest BCUT2D eigenvalue weighted by atomic mass is 19.1. The highest BCUT2D eigenvalue weighted by Crippen LogP contribution is 2.06. The van der Waals surface area contributed by atoms with Gasteiger partial charge in [-0.25, -0.2) is 4.39 Å². The van der Waals surface area contributed by atoms with Crippen LogP contribution in [0.1, 0.15) is 15.9 Å². The van der Waals surface area contributed by atoms with E-state index in [1.54, 1.807) is 31.3 Å². The number of amides is 1. The van der Waals surface area contributed by atoms with E-state index < -0.39 is 0 Å². The fraction of sp³-hybridized carbons (Fsp3) is 0.200. The lowest BCUT2D eigenvalue weighted by molar-refractivity contribution is 0.0953. The van der Waals surface area contributed by atoms with E-state index in [9.17, 15) is 14.0 Å². The number of nitrogens with one attached hydrogen (secondary N) is 1. The maximum atomic E-state index is 13.4. The lowest BCUT2D eigenvalue weighted by Gasteiger charge is -2.06. The third kappa shape index (κ3) is 3.32. The monoisotopic (exact) mass is 274 g/mol. The number of pyridine rings is 1. The molecular weight excluding hydrogens is 259 g/mol. The number of carbonyl (C=O) groups is 1. The van der Waals surface area contributed by atoms with Gasteiger partial charge < -0.3 is 9.88 Å². The van der Waals surface area contributed by atoms with Crippen molar-refractivity contribution < 1.29 is 9.18 Å². The summed E-state index contributed by atoms with van der Waals surface area (Å²) < 4.78 is 14.8. The molecule has 0 unspecified atom stereocenters. The van der Waals surface area contributed by atoms with Crippen LogP contribution in [-0.2, 0) is 13.5 Å². The summed E-state index contributed by atoms with van der Waals surface area (Å²) in [6.07, 6.45) is 1.94. The van der Waals surface area contributed by atoms with E-state index in [0.717, 1.165) is 0 Å². The minimum absolute atomic E-state index is 0.244. The summed E-state index contributed by atoms with van der Waals surface area (Å²) in [6.45, 7) is 0.314. The summed E-state index contributed by atoms with van der Waals surface area (Å²) in [5.74, 6) is -0.616. The summed E-state index contributed by atoms with van der Waals surface area (Å²) in [6, 6.07) is 9.29. The molecule has 0 atom stereocenters. The second-order valence-corrected chi connectivity index (χ2v) is 4.46. The van der Waals surface area contributed by atoms with Crippen molar-refractivity contribution in [2.45, 2.75) is 6.42 Å². The topological polar surface area (TPSA) is 51.1 Å². The molecule has 0 bridgehead atoms. The number of carbonyl (C=O) groups excluding carboxylic acids is 1. The van der Waals surface area contributed by atoms with Gasteiger partial charge in [0.1, 0.15) is 5.82 Å². The Hall–Kier alpha value is -2.43. The first-order valence-electron chi connectivity index (χ1n) is 6.26. The van der Waals surface area contributed by atoms with Crippen LogP contribution >= 0.6 is 0 Å². The van der Waals surface area contributed by atoms with Crippen molar-refractivity contribution >= 4 is 5.91 Å². The second kappa shape index (κ2) is 6.14. The first kappa shape index (κ1) is 14.0. The Balaban J connectivity index is 1.94. The second-order valence-electron chi connectivity index (χ2n) is 4.46. The summed E-state index contributed by atoms with van der Waals surface area (Å²) in [5.41, 5.74) is 0.616. The molecule has 5 heteroatoms. The zero-order chi connectivity index (χ0) is 14.5. The Kier molecular flexibility index (Phi) is 4.30. The van der Waals surface area contributed by atoms with Crippen LogP contribution in [0.2, 0.25) is 0 Å². The van der Waals surface area contributed by atoms with Gasteiger partial charge in [-0.3, -0.25) is 9.59 Å². The number of benzene rings is 1. The Labute approximate surface area is 115 Å². The third-order valence-electron chi connectivity index (χ3n) is 3.00. The standard InChI is InChI=1S/C15H15FN2O2/c1-18-9-7-12(10-14(18)19)15(20)17-8-6-11-4-2-3-5-13(11)16/h2-5,7,9-10H,6,8H2,1H3,(H,17,20). The normalized spacial score (nSPS) is 10.3. The molecule has 0 saturated heterocycles. The quantitative estimate of drug-likeness (QED) is 0.918. The number of hydrogen-bond acceptors (Lipinski definition) is 2. The minimum atomic E-state index is -0.334. The van der Waals surface area contributed by atoms with Gasteiger partial charge >= 0.3 is 0 Å². The first-order chi connectivity index (χ1) is 9.58. The van der Waals surface area contributed by atoms with Crippen LogP contribution in [0.25, 0.3) is 0 Å². The molecule has 1 aromatic heterocycles. The Morgan fingerprint density at radius 3 is 2.75 bits per heavy atom. The highest BCUT2D eigenvalue weighted by molar-refractivity contribution is 5.93. The molecule has 1 N–H and O–H groups in total. The summed E-state index contributed by atoms with van der Waals surface area (Å²) in [5, 5.41) is 2.67. The maximum absolute atomic E-state index is 13.4. The summed E-state index contributed by atoms with van der Waals surface area (Å²) >= 11 is 0. The van der Waals surface area contributed by atoms with Crippen molar-refractivity contribution in [1.82, 2.24) is 9.88 Å². The maximum Gasteiger partial charge on any atom is 0.251 e. The Morgan fingerprint density at radius 1 is 1.30 bits per heavy atom. The molecule has 104 valence electrons. The number of aromatic nitrogens is 1. The summed E-state index contributed by atoms with van der Waals surface area (Å²) in [4.78, 5) is 23.2. The molecule has 1 amide bonds. The predicted molar refractivity (Wildman–Crippen MR) is 74.1 cm³/mol. The molecule has 1 aromatic carbocycles. The lowest BCUT2D eigenvalue weighted by atomic mass is 10.1. The molecule has 0 saturated carbocycles. The SMILES string of the molecule is Cn1ccc(C(=O)NCCc2ccccc2F)cc1=O. The van der Waals surface area contributed by atoms with Gasteiger partial charge in [-0.05, 0) is 24.1 Å². The van der Waals surface area contributed by atoms with Crippen LogP contribution in [0, 0.1) is 5.82 Å². The van der Waals surface area contributed by atoms with Gasteiger partial charge in [-0.15, -0.1) is 0 Å². The molecule has 0 spiro atoms. The summed E-state index contributed by atoms with van der Waals surface area (Å²) in [7, 11) is 1.61. The van der Waals surface area contributed by atoms with Crippen molar-refractivity contribution in [1.29, 1.82) is 0 Å². The molecule has 1 heterocycles. The number of halogens is 1. The lowest BCUT2D eigenvalue weighted by Crippen LogP contribution is -2.28. The van der Waals surface area contributed by atoms with E-state index in [1.165, 1.54) is 22.9 Å². The van der Waals surface area contributed by atoms with E-state index in [4.69, 9.17) is 0 Å². The molecule has 0 aliphatic heterocycles. The van der Waals surface area contributed by atoms with Crippen LogP contribution in [-0.4, -0.2) is 17.0 Å². The van der Waals surface area contributed by atoms with Crippen LogP contribution in [0.5, 0.6) is 0 Å².